The maximum absolute atomic E-state index is 6.92. The van der Waals surface area contributed by atoms with Gasteiger partial charge in [0.15, 0.2) is 23.0 Å². The standard InChI is InChI=1S/C51H35NO2S/c1-51(2)41-23-11-9-20-36(41)39-30-45-46(31-42(39)51)54-50-38(22-13-25-44(50)53-45)37-21-14-26-48-49(37)40-29-34(27-28-47(40)55-48)52(33-17-7-4-8-18-33)43-24-12-10-19-35(43)32-15-5-3-6-16-32/h3-31H,1-2H3. The zero-order valence-corrected chi connectivity index (χ0v) is 31.2. The number of fused-ring (bicyclic) bond motifs is 8. The third-order valence-electron chi connectivity index (χ3n) is 11.3. The first kappa shape index (κ1) is 31.9. The van der Waals surface area contributed by atoms with Gasteiger partial charge in [-0.15, -0.1) is 11.3 Å². The first-order valence-electron chi connectivity index (χ1n) is 18.8. The summed E-state index contributed by atoms with van der Waals surface area (Å²) in [4.78, 5) is 2.38. The van der Waals surface area contributed by atoms with E-state index < -0.39 is 0 Å². The van der Waals surface area contributed by atoms with Crippen LogP contribution in [0.5, 0.6) is 23.0 Å². The highest BCUT2D eigenvalue weighted by Crippen LogP contribution is 2.57. The maximum Gasteiger partial charge on any atom is 0.177 e. The molecule has 4 heteroatoms. The summed E-state index contributed by atoms with van der Waals surface area (Å²) >= 11 is 1.83. The number of rotatable bonds is 5. The highest BCUT2D eigenvalue weighted by Gasteiger charge is 2.37. The molecule has 0 radical (unpaired) electrons. The second-order valence-corrected chi connectivity index (χ2v) is 16.0. The minimum atomic E-state index is -0.141. The SMILES string of the molecule is CC1(C)c2ccccc2-c2cc3c(cc21)Oc1c(cccc1-c1cccc2sc4ccc(N(c5ccccc5)c5ccccc5-c5ccccc5)cc4c12)O3. The molecule has 2 heterocycles. The molecular formula is C51H35NO2S. The number of thiophene rings is 1. The molecule has 0 saturated carbocycles. The Bertz CT molecular complexity index is 2960. The van der Waals surface area contributed by atoms with E-state index in [2.05, 4.69) is 189 Å². The van der Waals surface area contributed by atoms with Gasteiger partial charge in [0.05, 0.1) is 5.69 Å². The molecule has 0 N–H and O–H groups in total. The molecule has 55 heavy (non-hydrogen) atoms. The lowest BCUT2D eigenvalue weighted by Gasteiger charge is -2.28. The largest absolute Gasteiger partial charge is 0.449 e. The second-order valence-electron chi connectivity index (χ2n) is 14.9. The maximum atomic E-state index is 6.92. The van der Waals surface area contributed by atoms with Crippen molar-refractivity contribution >= 4 is 48.6 Å². The van der Waals surface area contributed by atoms with Crippen LogP contribution in [0.15, 0.2) is 176 Å². The van der Waals surface area contributed by atoms with Crippen molar-refractivity contribution in [1.29, 1.82) is 0 Å². The fourth-order valence-electron chi connectivity index (χ4n) is 8.72. The van der Waals surface area contributed by atoms with E-state index in [1.165, 1.54) is 53.6 Å². The number of anilines is 3. The molecular weight excluding hydrogens is 691 g/mol. The third kappa shape index (κ3) is 4.95. The lowest BCUT2D eigenvalue weighted by atomic mass is 9.82. The van der Waals surface area contributed by atoms with Crippen molar-refractivity contribution in [3.8, 4) is 56.4 Å². The van der Waals surface area contributed by atoms with Gasteiger partial charge in [-0.05, 0) is 94.0 Å². The summed E-state index contributed by atoms with van der Waals surface area (Å²) < 4.78 is 16.1. The molecule has 1 aliphatic carbocycles. The first-order chi connectivity index (χ1) is 27.0. The molecule has 0 bridgehead atoms. The lowest BCUT2D eigenvalue weighted by molar-refractivity contribution is 0.360. The Balaban J connectivity index is 1.06. The number of nitrogens with zero attached hydrogens (tertiary/aromatic N) is 1. The normalized spacial score (nSPS) is 13.3. The van der Waals surface area contributed by atoms with Gasteiger partial charge in [-0.1, -0.05) is 129 Å². The molecule has 11 rings (SSSR count). The van der Waals surface area contributed by atoms with Crippen molar-refractivity contribution in [1.82, 2.24) is 0 Å². The van der Waals surface area contributed by atoms with E-state index in [1.807, 2.05) is 17.4 Å². The number of para-hydroxylation sites is 3. The highest BCUT2D eigenvalue weighted by molar-refractivity contribution is 7.26. The fourth-order valence-corrected chi connectivity index (χ4v) is 9.84. The molecule has 1 aliphatic heterocycles. The van der Waals surface area contributed by atoms with Crippen molar-refractivity contribution < 1.29 is 9.47 Å². The van der Waals surface area contributed by atoms with Crippen molar-refractivity contribution in [2.45, 2.75) is 19.3 Å². The molecule has 0 saturated heterocycles. The van der Waals surface area contributed by atoms with Gasteiger partial charge in [0.2, 0.25) is 0 Å². The molecule has 0 amide bonds. The molecule has 0 spiro atoms. The number of benzene rings is 8. The number of hydrogen-bond donors (Lipinski definition) is 0. The van der Waals surface area contributed by atoms with Gasteiger partial charge in [0.1, 0.15) is 0 Å². The molecule has 0 fully saturated rings. The van der Waals surface area contributed by atoms with Gasteiger partial charge in [0.25, 0.3) is 0 Å². The zero-order chi connectivity index (χ0) is 36.7. The van der Waals surface area contributed by atoms with Crippen molar-refractivity contribution in [2.24, 2.45) is 0 Å². The van der Waals surface area contributed by atoms with Crippen LogP contribution in [-0.4, -0.2) is 0 Å². The van der Waals surface area contributed by atoms with Gasteiger partial charge >= 0.3 is 0 Å². The Morgan fingerprint density at radius 3 is 2.00 bits per heavy atom. The van der Waals surface area contributed by atoms with E-state index in [4.69, 9.17) is 9.47 Å². The van der Waals surface area contributed by atoms with Crippen LogP contribution in [0.25, 0.3) is 53.6 Å². The van der Waals surface area contributed by atoms with Crippen LogP contribution < -0.4 is 14.4 Å². The molecule has 1 aromatic heterocycles. The second kappa shape index (κ2) is 12.2. The van der Waals surface area contributed by atoms with Crippen molar-refractivity contribution in [3.05, 3.63) is 187 Å². The molecule has 262 valence electrons. The number of hydrogen-bond acceptors (Lipinski definition) is 4. The number of ether oxygens (including phenoxy) is 2. The summed E-state index contributed by atoms with van der Waals surface area (Å²) in [6.07, 6.45) is 0. The molecule has 9 aromatic rings. The van der Waals surface area contributed by atoms with Crippen LogP contribution in [0.1, 0.15) is 25.0 Å². The van der Waals surface area contributed by atoms with Gasteiger partial charge in [-0.25, -0.2) is 0 Å². The molecule has 2 aliphatic rings. The van der Waals surface area contributed by atoms with Crippen LogP contribution in [0, 0.1) is 0 Å². The van der Waals surface area contributed by atoms with Gasteiger partial charge in [-0.3, -0.25) is 0 Å². The van der Waals surface area contributed by atoms with Gasteiger partial charge in [0, 0.05) is 48.1 Å². The quantitative estimate of drug-likeness (QED) is 0.176. The molecule has 0 unspecified atom stereocenters. The minimum absolute atomic E-state index is 0.141. The van der Waals surface area contributed by atoms with Crippen LogP contribution >= 0.6 is 11.3 Å². The monoisotopic (exact) mass is 725 g/mol. The topological polar surface area (TPSA) is 21.7 Å². The predicted octanol–water partition coefficient (Wildman–Crippen LogP) is 15.1. The minimum Gasteiger partial charge on any atom is -0.449 e. The summed E-state index contributed by atoms with van der Waals surface area (Å²) in [6, 6.07) is 62.8. The Labute approximate surface area is 324 Å². The summed E-state index contributed by atoms with van der Waals surface area (Å²) in [7, 11) is 0. The fraction of sp³-hybridized carbons (Fsp3) is 0.0588. The Morgan fingerprint density at radius 2 is 1.15 bits per heavy atom. The van der Waals surface area contributed by atoms with E-state index in [-0.39, 0.29) is 5.41 Å². The van der Waals surface area contributed by atoms with E-state index in [0.717, 1.165) is 51.2 Å². The van der Waals surface area contributed by atoms with E-state index in [1.54, 1.807) is 0 Å². The summed E-state index contributed by atoms with van der Waals surface area (Å²) in [5.41, 5.74) is 12.7. The van der Waals surface area contributed by atoms with E-state index in [0.29, 0.717) is 0 Å². The van der Waals surface area contributed by atoms with Gasteiger partial charge < -0.3 is 14.4 Å². The lowest BCUT2D eigenvalue weighted by Crippen LogP contribution is -2.15. The predicted molar refractivity (Wildman–Crippen MR) is 229 cm³/mol. The van der Waals surface area contributed by atoms with Crippen LogP contribution in [0.3, 0.4) is 0 Å². The van der Waals surface area contributed by atoms with Gasteiger partial charge in [-0.2, -0.15) is 0 Å². The van der Waals surface area contributed by atoms with E-state index >= 15 is 0 Å². The summed E-state index contributed by atoms with van der Waals surface area (Å²) in [5.74, 6) is 2.96. The molecule has 8 aromatic carbocycles. The van der Waals surface area contributed by atoms with Crippen LogP contribution in [0.2, 0.25) is 0 Å². The Morgan fingerprint density at radius 1 is 0.455 bits per heavy atom. The highest BCUT2D eigenvalue weighted by atomic mass is 32.1. The smallest absolute Gasteiger partial charge is 0.177 e. The van der Waals surface area contributed by atoms with Crippen molar-refractivity contribution in [3.63, 3.8) is 0 Å². The molecule has 3 nitrogen and oxygen atoms in total. The summed E-state index contributed by atoms with van der Waals surface area (Å²) in [5, 5.41) is 2.42. The van der Waals surface area contributed by atoms with Crippen molar-refractivity contribution in [2.75, 3.05) is 4.90 Å². The average molecular weight is 726 g/mol. The molecule has 0 atom stereocenters. The third-order valence-corrected chi connectivity index (χ3v) is 12.5. The van der Waals surface area contributed by atoms with Crippen LogP contribution in [-0.2, 0) is 5.41 Å². The summed E-state index contributed by atoms with van der Waals surface area (Å²) in [6.45, 7) is 4.59. The van der Waals surface area contributed by atoms with E-state index in [9.17, 15) is 0 Å². The Kier molecular flexibility index (Phi) is 7.07. The average Bonchev–Trinajstić information content (AvgIpc) is 3.71. The zero-order valence-electron chi connectivity index (χ0n) is 30.4. The first-order valence-corrected chi connectivity index (χ1v) is 19.6. The Hall–Kier alpha value is -6.62. The van der Waals surface area contributed by atoms with Crippen LogP contribution in [0.4, 0.5) is 17.1 Å².